The van der Waals surface area contributed by atoms with Crippen LogP contribution in [0.3, 0.4) is 0 Å². The summed E-state index contributed by atoms with van der Waals surface area (Å²) >= 11 is 0. The Labute approximate surface area is 84.3 Å². The van der Waals surface area contributed by atoms with Crippen LogP contribution in [0.1, 0.15) is 12.8 Å². The first-order valence-corrected chi connectivity index (χ1v) is 4.25. The summed E-state index contributed by atoms with van der Waals surface area (Å²) in [6, 6.07) is 0. The fraction of sp³-hybridized carbons (Fsp3) is 0.625. The molecule has 1 rings (SSSR count). The maximum atomic E-state index is 13.0. The lowest BCUT2D eigenvalue weighted by Crippen LogP contribution is -2.52. The summed E-state index contributed by atoms with van der Waals surface area (Å²) in [5.74, 6) is -1.49. The normalized spacial score (nSPS) is 30.2. The molecule has 2 atom stereocenters. The Kier molecular flexibility index (Phi) is 2.92. The van der Waals surface area contributed by atoms with Gasteiger partial charge in [-0.3, -0.25) is 4.90 Å². The number of nitrogens with zero attached hydrogens (tertiary/aromatic N) is 1. The molecule has 1 heterocycles. The van der Waals surface area contributed by atoms with Crippen LogP contribution < -0.4 is 0 Å². The lowest BCUT2D eigenvalue weighted by Gasteiger charge is -2.30. The first-order chi connectivity index (χ1) is 6.94. The fourth-order valence-electron chi connectivity index (χ4n) is 1.80. The van der Waals surface area contributed by atoms with E-state index in [1.54, 1.807) is 0 Å². The van der Waals surface area contributed by atoms with Crippen LogP contribution in [-0.4, -0.2) is 51.7 Å². The Morgan fingerprint density at radius 2 is 2.13 bits per heavy atom. The number of aldehydes is 1. The van der Waals surface area contributed by atoms with Crippen LogP contribution in [0.15, 0.2) is 0 Å². The van der Waals surface area contributed by atoms with Crippen molar-refractivity contribution >= 4 is 18.3 Å². The van der Waals surface area contributed by atoms with Crippen molar-refractivity contribution in [2.24, 2.45) is 0 Å². The number of carbonyl (C=O) groups excluding carboxylic acids is 1. The van der Waals surface area contributed by atoms with E-state index >= 15 is 0 Å². The molecule has 1 aliphatic heterocycles. The molecule has 1 saturated heterocycles. The smallest absolute Gasteiger partial charge is 0.408 e. The zero-order valence-electron chi connectivity index (χ0n) is 7.72. The highest BCUT2D eigenvalue weighted by atomic mass is 19.1. The summed E-state index contributed by atoms with van der Waals surface area (Å²) in [6.45, 7) is -0.504. The molecule has 1 aliphatic rings. The van der Waals surface area contributed by atoms with Crippen LogP contribution in [0.5, 0.6) is 0 Å². The van der Waals surface area contributed by atoms with Gasteiger partial charge in [-0.05, 0) is 0 Å². The van der Waals surface area contributed by atoms with E-state index in [-0.39, 0.29) is 0 Å². The highest BCUT2D eigenvalue weighted by molar-refractivity contribution is 5.87. The molecule has 0 aromatic heterocycles. The highest BCUT2D eigenvalue weighted by Crippen LogP contribution is 2.34. The van der Waals surface area contributed by atoms with E-state index in [9.17, 15) is 18.8 Å². The summed E-state index contributed by atoms with van der Waals surface area (Å²) in [6.07, 6.45) is -3.79. The minimum atomic E-state index is -1.94. The SMILES string of the molecule is O=CC[C@]1(C(=O)O)C[C@H](F)CN1C(=O)O. The third-order valence-electron chi connectivity index (χ3n) is 2.51. The van der Waals surface area contributed by atoms with Gasteiger partial charge >= 0.3 is 12.1 Å². The Bertz CT molecular complexity index is 307. The Hall–Kier alpha value is -1.66. The van der Waals surface area contributed by atoms with Gasteiger partial charge in [0.15, 0.2) is 5.54 Å². The third-order valence-corrected chi connectivity index (χ3v) is 2.51. The van der Waals surface area contributed by atoms with Crippen molar-refractivity contribution in [2.75, 3.05) is 6.54 Å². The van der Waals surface area contributed by atoms with E-state index in [2.05, 4.69) is 0 Å². The van der Waals surface area contributed by atoms with Crippen molar-refractivity contribution in [1.82, 2.24) is 4.90 Å². The molecule has 0 aromatic carbocycles. The summed E-state index contributed by atoms with van der Waals surface area (Å²) in [4.78, 5) is 32.5. The molecule has 6 nitrogen and oxygen atoms in total. The lowest BCUT2D eigenvalue weighted by molar-refractivity contribution is -0.150. The molecular formula is C8H10FNO5. The summed E-state index contributed by atoms with van der Waals surface area (Å²) < 4.78 is 13.0. The number of carboxylic acid groups (broad SMARTS) is 2. The summed E-state index contributed by atoms with van der Waals surface area (Å²) in [7, 11) is 0. The van der Waals surface area contributed by atoms with Crippen LogP contribution in [0.4, 0.5) is 9.18 Å². The quantitative estimate of drug-likeness (QED) is 0.657. The van der Waals surface area contributed by atoms with E-state index < -0.39 is 43.2 Å². The van der Waals surface area contributed by atoms with E-state index in [1.165, 1.54) is 0 Å². The van der Waals surface area contributed by atoms with Gasteiger partial charge in [-0.2, -0.15) is 0 Å². The van der Waals surface area contributed by atoms with Crippen molar-refractivity contribution in [3.05, 3.63) is 0 Å². The van der Waals surface area contributed by atoms with Gasteiger partial charge in [0, 0.05) is 12.8 Å². The zero-order chi connectivity index (χ0) is 11.6. The van der Waals surface area contributed by atoms with Crippen LogP contribution in [-0.2, 0) is 9.59 Å². The van der Waals surface area contributed by atoms with E-state index in [0.29, 0.717) is 11.2 Å². The number of aliphatic carboxylic acids is 1. The molecule has 0 bridgehead atoms. The predicted molar refractivity (Wildman–Crippen MR) is 45.3 cm³/mol. The molecule has 1 fully saturated rings. The number of amides is 1. The fourth-order valence-corrected chi connectivity index (χ4v) is 1.80. The molecule has 0 aromatic rings. The van der Waals surface area contributed by atoms with E-state index in [4.69, 9.17) is 10.2 Å². The number of carboxylic acids is 1. The van der Waals surface area contributed by atoms with Gasteiger partial charge in [0.25, 0.3) is 0 Å². The third kappa shape index (κ3) is 1.77. The topological polar surface area (TPSA) is 94.9 Å². The molecule has 0 aliphatic carbocycles. The standard InChI is InChI=1S/C8H10FNO5/c9-5-3-8(1-2-11,6(12)13)10(4-5)7(14)15/h2,5H,1,3-4H2,(H,12,13)(H,14,15)/t5-,8+/m0/s1. The second-order valence-corrected chi connectivity index (χ2v) is 3.40. The van der Waals surface area contributed by atoms with Crippen LogP contribution in [0.25, 0.3) is 0 Å². The number of alkyl halides is 1. The minimum absolute atomic E-state index is 0.294. The average molecular weight is 219 g/mol. The minimum Gasteiger partial charge on any atom is -0.479 e. The molecule has 15 heavy (non-hydrogen) atoms. The molecule has 0 unspecified atom stereocenters. The molecular weight excluding hydrogens is 209 g/mol. The second-order valence-electron chi connectivity index (χ2n) is 3.40. The number of hydrogen-bond acceptors (Lipinski definition) is 3. The number of likely N-dealkylation sites (tertiary alicyclic amines) is 1. The zero-order valence-corrected chi connectivity index (χ0v) is 7.72. The van der Waals surface area contributed by atoms with Crippen molar-refractivity contribution < 1.29 is 29.0 Å². The van der Waals surface area contributed by atoms with Gasteiger partial charge in [0.05, 0.1) is 6.54 Å². The van der Waals surface area contributed by atoms with Crippen molar-refractivity contribution in [1.29, 1.82) is 0 Å². The maximum Gasteiger partial charge on any atom is 0.408 e. The number of carbonyl (C=O) groups is 3. The van der Waals surface area contributed by atoms with Crippen molar-refractivity contribution in [3.63, 3.8) is 0 Å². The van der Waals surface area contributed by atoms with Gasteiger partial charge < -0.3 is 15.0 Å². The second kappa shape index (κ2) is 3.84. The first-order valence-electron chi connectivity index (χ1n) is 4.25. The van der Waals surface area contributed by atoms with Crippen molar-refractivity contribution in [3.8, 4) is 0 Å². The van der Waals surface area contributed by atoms with Gasteiger partial charge in [0.2, 0.25) is 0 Å². The summed E-state index contributed by atoms with van der Waals surface area (Å²) in [5, 5.41) is 17.6. The van der Waals surface area contributed by atoms with E-state index in [1.807, 2.05) is 0 Å². The molecule has 1 amide bonds. The molecule has 84 valence electrons. The maximum absolute atomic E-state index is 13.0. The monoisotopic (exact) mass is 219 g/mol. The van der Waals surface area contributed by atoms with Crippen molar-refractivity contribution in [2.45, 2.75) is 24.6 Å². The Morgan fingerprint density at radius 1 is 1.53 bits per heavy atom. The largest absolute Gasteiger partial charge is 0.479 e. The Morgan fingerprint density at radius 3 is 2.53 bits per heavy atom. The molecule has 0 radical (unpaired) electrons. The van der Waals surface area contributed by atoms with Gasteiger partial charge in [0.1, 0.15) is 12.5 Å². The van der Waals surface area contributed by atoms with E-state index in [0.717, 1.165) is 0 Å². The Balaban J connectivity index is 3.08. The highest BCUT2D eigenvalue weighted by Gasteiger charge is 2.54. The molecule has 0 spiro atoms. The number of hydrogen-bond donors (Lipinski definition) is 2. The molecule has 7 heteroatoms. The van der Waals surface area contributed by atoms with Gasteiger partial charge in [-0.1, -0.05) is 0 Å². The predicted octanol–water partition coefficient (Wildman–Crippen LogP) is 0.121. The molecule has 0 saturated carbocycles. The van der Waals surface area contributed by atoms with Crippen LogP contribution >= 0.6 is 0 Å². The first kappa shape index (κ1) is 11.4. The van der Waals surface area contributed by atoms with Crippen LogP contribution in [0, 0.1) is 0 Å². The molecule has 2 N–H and O–H groups in total. The van der Waals surface area contributed by atoms with Crippen LogP contribution in [0.2, 0.25) is 0 Å². The van der Waals surface area contributed by atoms with Gasteiger partial charge in [-0.25, -0.2) is 14.0 Å². The summed E-state index contributed by atoms with van der Waals surface area (Å²) in [5.41, 5.74) is -1.94. The number of rotatable bonds is 3. The average Bonchev–Trinajstić information content (AvgIpc) is 2.44. The number of halogens is 1. The lowest BCUT2D eigenvalue weighted by atomic mass is 9.92. The van der Waals surface area contributed by atoms with Gasteiger partial charge in [-0.15, -0.1) is 0 Å².